The van der Waals surface area contributed by atoms with Crippen molar-refractivity contribution in [2.45, 2.75) is 38.6 Å². The van der Waals surface area contributed by atoms with Gasteiger partial charge >= 0.3 is 0 Å². The first-order valence-electron chi connectivity index (χ1n) is 6.28. The summed E-state index contributed by atoms with van der Waals surface area (Å²) in [6.45, 7) is 2.33. The fraction of sp³-hybridized carbons (Fsp3) is 0.571. The van der Waals surface area contributed by atoms with Crippen LogP contribution < -0.4 is 5.73 Å². The minimum absolute atomic E-state index is 0.145. The van der Waals surface area contributed by atoms with Crippen LogP contribution in [0.2, 0.25) is 5.02 Å². The number of halogens is 2. The van der Waals surface area contributed by atoms with Crippen LogP contribution in [0.5, 0.6) is 0 Å². The Hall–Kier alpha value is -0.0500. The second kappa shape index (κ2) is 5.73. The Bertz CT molecular complexity index is 394. The Morgan fingerprint density at radius 3 is 2.82 bits per heavy atom. The summed E-state index contributed by atoms with van der Waals surface area (Å²) >= 11 is 9.47. The normalized spacial score (nSPS) is 26.8. The minimum atomic E-state index is 0.145. The van der Waals surface area contributed by atoms with E-state index in [0.29, 0.717) is 5.92 Å². The Labute approximate surface area is 117 Å². The molecule has 1 aromatic carbocycles. The number of nitrogens with two attached hydrogens (primary N) is 1. The molecule has 1 aliphatic rings. The fourth-order valence-corrected chi connectivity index (χ4v) is 3.31. The molecule has 0 aromatic heterocycles. The van der Waals surface area contributed by atoms with Crippen molar-refractivity contribution in [2.24, 2.45) is 17.6 Å². The van der Waals surface area contributed by atoms with Crippen molar-refractivity contribution in [3.8, 4) is 0 Å². The van der Waals surface area contributed by atoms with Gasteiger partial charge in [-0.25, -0.2) is 0 Å². The molecule has 1 aromatic rings. The summed E-state index contributed by atoms with van der Waals surface area (Å²) in [6, 6.07) is 6.18. The zero-order chi connectivity index (χ0) is 12.4. The summed E-state index contributed by atoms with van der Waals surface area (Å²) in [5, 5.41) is 0.748. The number of rotatable bonds is 2. The van der Waals surface area contributed by atoms with Crippen molar-refractivity contribution in [1.29, 1.82) is 0 Å². The molecule has 17 heavy (non-hydrogen) atoms. The van der Waals surface area contributed by atoms with Crippen LogP contribution in [0.25, 0.3) is 0 Å². The van der Waals surface area contributed by atoms with Gasteiger partial charge in [0.25, 0.3) is 0 Å². The van der Waals surface area contributed by atoms with E-state index in [4.69, 9.17) is 17.3 Å². The van der Waals surface area contributed by atoms with Crippen LogP contribution in [0.15, 0.2) is 22.7 Å². The molecule has 0 amide bonds. The maximum Gasteiger partial charge on any atom is 0.0548 e. The van der Waals surface area contributed by atoms with Crippen molar-refractivity contribution in [3.05, 3.63) is 33.3 Å². The minimum Gasteiger partial charge on any atom is -0.324 e. The number of hydrogen-bond acceptors (Lipinski definition) is 1. The molecule has 0 bridgehead atoms. The Morgan fingerprint density at radius 2 is 2.18 bits per heavy atom. The number of benzene rings is 1. The molecule has 1 saturated carbocycles. The van der Waals surface area contributed by atoms with E-state index < -0.39 is 0 Å². The van der Waals surface area contributed by atoms with Crippen molar-refractivity contribution >= 4 is 27.5 Å². The Kier molecular flexibility index (Phi) is 4.51. The first-order valence-corrected chi connectivity index (χ1v) is 7.45. The summed E-state index contributed by atoms with van der Waals surface area (Å²) in [4.78, 5) is 0. The molecule has 1 nitrogen and oxygen atoms in total. The van der Waals surface area contributed by atoms with Gasteiger partial charge in [-0.15, -0.1) is 0 Å². The molecular weight excluding hydrogens is 298 g/mol. The van der Waals surface area contributed by atoms with Crippen LogP contribution >= 0.6 is 27.5 Å². The molecule has 1 aliphatic carbocycles. The Balaban J connectivity index is 2.12. The molecule has 0 aliphatic heterocycles. The van der Waals surface area contributed by atoms with Gasteiger partial charge in [0, 0.05) is 10.5 Å². The lowest BCUT2D eigenvalue weighted by molar-refractivity contribution is 0.248. The zero-order valence-electron chi connectivity index (χ0n) is 10.1. The standard InChI is InChI=1S/C14H19BrClN/c1-9-3-2-4-10(7-9)14(17)11-5-6-13(16)12(15)8-11/h5-6,8-10,14H,2-4,7,17H2,1H3. The van der Waals surface area contributed by atoms with Crippen LogP contribution in [0, 0.1) is 11.8 Å². The third-order valence-corrected chi connectivity index (χ3v) is 5.03. The van der Waals surface area contributed by atoms with Gasteiger partial charge in [0.15, 0.2) is 0 Å². The van der Waals surface area contributed by atoms with Crippen LogP contribution in [0.1, 0.15) is 44.2 Å². The van der Waals surface area contributed by atoms with E-state index in [1.807, 2.05) is 6.07 Å². The molecule has 0 heterocycles. The third-order valence-electron chi connectivity index (χ3n) is 3.81. The van der Waals surface area contributed by atoms with E-state index in [0.717, 1.165) is 15.4 Å². The van der Waals surface area contributed by atoms with Crippen LogP contribution in [-0.2, 0) is 0 Å². The van der Waals surface area contributed by atoms with E-state index >= 15 is 0 Å². The van der Waals surface area contributed by atoms with Crippen molar-refractivity contribution < 1.29 is 0 Å². The fourth-order valence-electron chi connectivity index (χ4n) is 2.80. The van der Waals surface area contributed by atoms with Gasteiger partial charge in [-0.3, -0.25) is 0 Å². The van der Waals surface area contributed by atoms with E-state index in [2.05, 4.69) is 35.0 Å². The summed E-state index contributed by atoms with van der Waals surface area (Å²) in [5.41, 5.74) is 7.58. The summed E-state index contributed by atoms with van der Waals surface area (Å²) in [5.74, 6) is 1.43. The Morgan fingerprint density at radius 1 is 1.41 bits per heavy atom. The SMILES string of the molecule is CC1CCCC(C(N)c2ccc(Cl)c(Br)c2)C1. The molecule has 2 N–H and O–H groups in total. The maximum absolute atomic E-state index is 6.39. The van der Waals surface area contributed by atoms with E-state index in [1.165, 1.54) is 31.2 Å². The summed E-state index contributed by atoms with van der Waals surface area (Å²) in [7, 11) is 0. The van der Waals surface area contributed by atoms with Crippen LogP contribution in [-0.4, -0.2) is 0 Å². The lowest BCUT2D eigenvalue weighted by atomic mass is 9.77. The van der Waals surface area contributed by atoms with Crippen molar-refractivity contribution in [3.63, 3.8) is 0 Å². The average molecular weight is 317 g/mol. The monoisotopic (exact) mass is 315 g/mol. The molecular formula is C14H19BrClN. The molecule has 1 fully saturated rings. The first-order chi connectivity index (χ1) is 8.08. The highest BCUT2D eigenvalue weighted by atomic mass is 79.9. The lowest BCUT2D eigenvalue weighted by Gasteiger charge is -2.31. The molecule has 0 spiro atoms. The van der Waals surface area contributed by atoms with Crippen molar-refractivity contribution in [1.82, 2.24) is 0 Å². The first kappa shape index (κ1) is 13.4. The molecule has 3 heteroatoms. The largest absolute Gasteiger partial charge is 0.324 e. The third kappa shape index (κ3) is 3.24. The summed E-state index contributed by atoms with van der Waals surface area (Å²) in [6.07, 6.45) is 5.18. The highest BCUT2D eigenvalue weighted by Crippen LogP contribution is 2.37. The molecule has 94 valence electrons. The second-order valence-electron chi connectivity index (χ2n) is 5.23. The number of hydrogen-bond donors (Lipinski definition) is 1. The van der Waals surface area contributed by atoms with Gasteiger partial charge in [0.2, 0.25) is 0 Å². The van der Waals surface area contributed by atoms with Gasteiger partial charge in [-0.2, -0.15) is 0 Å². The van der Waals surface area contributed by atoms with Gasteiger partial charge in [-0.05, 0) is 58.3 Å². The predicted octanol–water partition coefficient (Wildman–Crippen LogP) is 4.93. The maximum atomic E-state index is 6.39. The average Bonchev–Trinajstić information content (AvgIpc) is 2.32. The van der Waals surface area contributed by atoms with Gasteiger partial charge in [0.1, 0.15) is 0 Å². The molecule has 2 rings (SSSR count). The van der Waals surface area contributed by atoms with Crippen LogP contribution in [0.3, 0.4) is 0 Å². The lowest BCUT2D eigenvalue weighted by Crippen LogP contribution is -2.26. The molecule has 0 saturated heterocycles. The zero-order valence-corrected chi connectivity index (χ0v) is 12.5. The quantitative estimate of drug-likeness (QED) is 0.822. The highest BCUT2D eigenvalue weighted by Gasteiger charge is 2.25. The van der Waals surface area contributed by atoms with Gasteiger partial charge in [0.05, 0.1) is 5.02 Å². The molecule has 3 atom stereocenters. The van der Waals surface area contributed by atoms with Crippen molar-refractivity contribution in [2.75, 3.05) is 0 Å². The van der Waals surface area contributed by atoms with Gasteiger partial charge < -0.3 is 5.73 Å². The van der Waals surface area contributed by atoms with Gasteiger partial charge in [-0.1, -0.05) is 37.4 Å². The molecule has 3 unspecified atom stereocenters. The topological polar surface area (TPSA) is 26.0 Å². The second-order valence-corrected chi connectivity index (χ2v) is 6.49. The highest BCUT2D eigenvalue weighted by molar-refractivity contribution is 9.10. The van der Waals surface area contributed by atoms with E-state index in [-0.39, 0.29) is 6.04 Å². The van der Waals surface area contributed by atoms with E-state index in [9.17, 15) is 0 Å². The smallest absolute Gasteiger partial charge is 0.0548 e. The molecule has 0 radical (unpaired) electrons. The predicted molar refractivity (Wildman–Crippen MR) is 77.2 cm³/mol. The van der Waals surface area contributed by atoms with Crippen LogP contribution in [0.4, 0.5) is 0 Å². The summed E-state index contributed by atoms with van der Waals surface area (Å²) < 4.78 is 0.941. The van der Waals surface area contributed by atoms with E-state index in [1.54, 1.807) is 0 Å².